The van der Waals surface area contributed by atoms with Gasteiger partial charge in [0, 0.05) is 11.1 Å². The molecule has 0 aromatic heterocycles. The van der Waals surface area contributed by atoms with Gasteiger partial charge in [0.25, 0.3) is 0 Å². The average Bonchev–Trinajstić information content (AvgIpc) is 2.95. The average molecular weight is 274 g/mol. The first-order chi connectivity index (χ1) is 10.3. The molecule has 2 nitrogen and oxygen atoms in total. The largest absolute Gasteiger partial charge is 0.155 e. The summed E-state index contributed by atoms with van der Waals surface area (Å²) >= 11 is 0. The summed E-state index contributed by atoms with van der Waals surface area (Å²) < 4.78 is 0. The van der Waals surface area contributed by atoms with Gasteiger partial charge in [-0.1, -0.05) is 66.2 Å². The maximum absolute atomic E-state index is 4.54. The molecule has 104 valence electrons. The fourth-order valence-electron chi connectivity index (χ4n) is 2.42. The first kappa shape index (κ1) is 13.5. The van der Waals surface area contributed by atoms with Crippen molar-refractivity contribution in [1.29, 1.82) is 0 Å². The molecule has 0 unspecified atom stereocenters. The minimum absolute atomic E-state index is 0.918. The van der Waals surface area contributed by atoms with E-state index >= 15 is 0 Å². The number of allylic oxidation sites excluding steroid dienone is 2. The van der Waals surface area contributed by atoms with Crippen LogP contribution < -0.4 is 0 Å². The first-order valence-corrected chi connectivity index (χ1v) is 7.25. The van der Waals surface area contributed by atoms with Gasteiger partial charge in [0.1, 0.15) is 5.71 Å². The number of nitrogens with zero attached hydrogens (tertiary/aromatic N) is 2. The zero-order chi connectivity index (χ0) is 14.5. The molecule has 0 fully saturated rings. The summed E-state index contributed by atoms with van der Waals surface area (Å²) in [6.07, 6.45) is 4.23. The monoisotopic (exact) mass is 274 g/mol. The van der Waals surface area contributed by atoms with Gasteiger partial charge in [-0.15, -0.1) is 5.10 Å². The molecule has 3 rings (SSSR count). The second-order valence-corrected chi connectivity index (χ2v) is 5.26. The number of benzene rings is 2. The van der Waals surface area contributed by atoms with Gasteiger partial charge in [0.15, 0.2) is 0 Å². The molecule has 1 aliphatic rings. The molecule has 0 bridgehead atoms. The van der Waals surface area contributed by atoms with E-state index in [2.05, 4.69) is 47.5 Å². The predicted molar refractivity (Wildman–Crippen MR) is 88.9 cm³/mol. The lowest BCUT2D eigenvalue weighted by molar-refractivity contribution is 1.05. The van der Waals surface area contributed by atoms with Crippen LogP contribution >= 0.6 is 0 Å². The Morgan fingerprint density at radius 1 is 0.810 bits per heavy atom. The van der Waals surface area contributed by atoms with Gasteiger partial charge in [0.2, 0.25) is 0 Å². The minimum Gasteiger partial charge on any atom is -0.155 e. The molecule has 2 aromatic rings. The summed E-state index contributed by atoms with van der Waals surface area (Å²) in [7, 11) is 0. The SMILES string of the molecule is CC1=C/C(=N/N=C(c2ccccc2)c2ccccc2)CC1. The van der Waals surface area contributed by atoms with Gasteiger partial charge >= 0.3 is 0 Å². The molecule has 0 atom stereocenters. The summed E-state index contributed by atoms with van der Waals surface area (Å²) in [5, 5.41) is 9.00. The summed E-state index contributed by atoms with van der Waals surface area (Å²) in [5.41, 5.74) is 5.54. The molecule has 0 radical (unpaired) electrons. The highest BCUT2D eigenvalue weighted by Gasteiger charge is 2.08. The van der Waals surface area contributed by atoms with Crippen molar-refractivity contribution in [2.24, 2.45) is 10.2 Å². The fraction of sp³-hybridized carbons (Fsp3) is 0.158. The predicted octanol–water partition coefficient (Wildman–Crippen LogP) is 4.62. The highest BCUT2D eigenvalue weighted by atomic mass is 15.2. The van der Waals surface area contributed by atoms with Gasteiger partial charge in [0.05, 0.1) is 5.71 Å². The van der Waals surface area contributed by atoms with E-state index < -0.39 is 0 Å². The third-order valence-electron chi connectivity index (χ3n) is 3.56. The minimum atomic E-state index is 0.918. The Morgan fingerprint density at radius 2 is 1.38 bits per heavy atom. The van der Waals surface area contributed by atoms with E-state index in [0.29, 0.717) is 0 Å². The summed E-state index contributed by atoms with van der Waals surface area (Å²) in [6.45, 7) is 2.14. The highest BCUT2D eigenvalue weighted by molar-refractivity contribution is 6.13. The van der Waals surface area contributed by atoms with Crippen LogP contribution in [-0.4, -0.2) is 11.4 Å². The van der Waals surface area contributed by atoms with Gasteiger partial charge in [-0.05, 0) is 25.8 Å². The molecule has 0 aliphatic heterocycles. The number of hydrogen-bond donors (Lipinski definition) is 0. The smallest absolute Gasteiger partial charge is 0.100 e. The quantitative estimate of drug-likeness (QED) is 0.576. The first-order valence-electron chi connectivity index (χ1n) is 7.25. The van der Waals surface area contributed by atoms with Crippen LogP contribution in [0.1, 0.15) is 30.9 Å². The van der Waals surface area contributed by atoms with E-state index in [1.807, 2.05) is 36.4 Å². The second-order valence-electron chi connectivity index (χ2n) is 5.26. The molecule has 21 heavy (non-hydrogen) atoms. The van der Waals surface area contributed by atoms with Gasteiger partial charge in [-0.25, -0.2) is 0 Å². The third-order valence-corrected chi connectivity index (χ3v) is 3.56. The van der Waals surface area contributed by atoms with Gasteiger partial charge < -0.3 is 0 Å². The van der Waals surface area contributed by atoms with E-state index in [9.17, 15) is 0 Å². The van der Waals surface area contributed by atoms with Crippen LogP contribution in [0.5, 0.6) is 0 Å². The van der Waals surface area contributed by atoms with Gasteiger partial charge in [-0.3, -0.25) is 0 Å². The molecule has 0 amide bonds. The van der Waals surface area contributed by atoms with Crippen molar-refractivity contribution in [3.8, 4) is 0 Å². The Hall–Kier alpha value is -2.48. The lowest BCUT2D eigenvalue weighted by Crippen LogP contribution is -2.02. The van der Waals surface area contributed by atoms with Crippen LogP contribution in [0, 0.1) is 0 Å². The van der Waals surface area contributed by atoms with Crippen LogP contribution in [0.15, 0.2) is 82.5 Å². The molecule has 0 spiro atoms. The molecule has 2 heteroatoms. The topological polar surface area (TPSA) is 24.7 Å². The van der Waals surface area contributed by atoms with E-state index in [-0.39, 0.29) is 0 Å². The molecule has 0 saturated carbocycles. The molecule has 2 aromatic carbocycles. The molecule has 0 saturated heterocycles. The Kier molecular flexibility index (Phi) is 4.06. The zero-order valence-corrected chi connectivity index (χ0v) is 12.2. The molecule has 1 aliphatic carbocycles. The number of rotatable bonds is 3. The van der Waals surface area contributed by atoms with E-state index in [1.165, 1.54) is 5.57 Å². The molecule has 0 N–H and O–H groups in total. The van der Waals surface area contributed by atoms with Crippen LogP contribution in [0.2, 0.25) is 0 Å². The normalized spacial score (nSPS) is 15.9. The number of hydrogen-bond acceptors (Lipinski definition) is 2. The summed E-state index contributed by atoms with van der Waals surface area (Å²) in [5.74, 6) is 0. The van der Waals surface area contributed by atoms with Crippen molar-refractivity contribution in [1.82, 2.24) is 0 Å². The lowest BCUT2D eigenvalue weighted by atomic mass is 10.0. The van der Waals surface area contributed by atoms with Crippen molar-refractivity contribution in [2.75, 3.05) is 0 Å². The highest BCUT2D eigenvalue weighted by Crippen LogP contribution is 2.16. The van der Waals surface area contributed by atoms with Gasteiger partial charge in [-0.2, -0.15) is 5.10 Å². The summed E-state index contributed by atoms with van der Waals surface area (Å²) in [6, 6.07) is 20.4. The third kappa shape index (κ3) is 3.34. The van der Waals surface area contributed by atoms with Crippen LogP contribution in [0.25, 0.3) is 0 Å². The molecular weight excluding hydrogens is 256 g/mol. The Balaban J connectivity index is 2.01. The second kappa shape index (κ2) is 6.31. The Bertz CT molecular complexity index is 653. The van der Waals surface area contributed by atoms with E-state index in [1.54, 1.807) is 0 Å². The van der Waals surface area contributed by atoms with Crippen molar-refractivity contribution < 1.29 is 0 Å². The van der Waals surface area contributed by atoms with Crippen molar-refractivity contribution in [3.05, 3.63) is 83.4 Å². The maximum atomic E-state index is 4.54. The Labute approximate surface area is 125 Å². The van der Waals surface area contributed by atoms with Crippen LogP contribution in [0.3, 0.4) is 0 Å². The van der Waals surface area contributed by atoms with Crippen LogP contribution in [-0.2, 0) is 0 Å². The standard InChI is InChI=1S/C19H18N2/c1-15-12-13-18(14-15)20-21-19(16-8-4-2-5-9-16)17-10-6-3-7-11-17/h2-11,14H,12-13H2,1H3/b20-18+. The maximum Gasteiger partial charge on any atom is 0.100 e. The molecule has 0 heterocycles. The van der Waals surface area contributed by atoms with Crippen molar-refractivity contribution in [2.45, 2.75) is 19.8 Å². The van der Waals surface area contributed by atoms with E-state index in [0.717, 1.165) is 35.4 Å². The van der Waals surface area contributed by atoms with Crippen molar-refractivity contribution in [3.63, 3.8) is 0 Å². The zero-order valence-electron chi connectivity index (χ0n) is 12.2. The summed E-state index contributed by atoms with van der Waals surface area (Å²) in [4.78, 5) is 0. The van der Waals surface area contributed by atoms with E-state index in [4.69, 9.17) is 0 Å². The van der Waals surface area contributed by atoms with Crippen LogP contribution in [0.4, 0.5) is 0 Å². The Morgan fingerprint density at radius 3 is 1.86 bits per heavy atom. The van der Waals surface area contributed by atoms with Crippen molar-refractivity contribution >= 4 is 11.4 Å². The molecular formula is C19H18N2. The lowest BCUT2D eigenvalue weighted by Gasteiger charge is -2.05. The fourth-order valence-corrected chi connectivity index (χ4v) is 2.42.